The van der Waals surface area contributed by atoms with E-state index in [0.717, 1.165) is 33.5 Å². The second kappa shape index (κ2) is 10.5. The molecule has 0 aliphatic rings. The Morgan fingerprint density at radius 1 is 1.05 bits per heavy atom. The predicted molar refractivity (Wildman–Crippen MR) is 145 cm³/mol. The van der Waals surface area contributed by atoms with Gasteiger partial charge in [0.15, 0.2) is 5.13 Å². The molecule has 3 aromatic heterocycles. The van der Waals surface area contributed by atoms with Crippen LogP contribution in [0.4, 0.5) is 11.1 Å². The highest BCUT2D eigenvalue weighted by molar-refractivity contribution is 7.14. The molecule has 0 bridgehead atoms. The number of hydrogen-bond donors (Lipinski definition) is 5. The van der Waals surface area contributed by atoms with Gasteiger partial charge in [0.1, 0.15) is 6.04 Å². The number of thiazole rings is 1. The molecule has 37 heavy (non-hydrogen) atoms. The predicted octanol–water partition coefficient (Wildman–Crippen LogP) is 3.49. The van der Waals surface area contributed by atoms with Crippen LogP contribution in [0.5, 0.6) is 0 Å². The molecule has 0 radical (unpaired) electrons. The van der Waals surface area contributed by atoms with Crippen LogP contribution in [0, 0.1) is 0 Å². The van der Waals surface area contributed by atoms with Crippen molar-refractivity contribution in [2.24, 2.45) is 5.73 Å². The summed E-state index contributed by atoms with van der Waals surface area (Å²) in [6, 6.07) is 17.8. The highest BCUT2D eigenvalue weighted by atomic mass is 32.1. The van der Waals surface area contributed by atoms with Gasteiger partial charge in [-0.05, 0) is 30.3 Å². The zero-order valence-electron chi connectivity index (χ0n) is 19.9. The highest BCUT2D eigenvalue weighted by Crippen LogP contribution is 2.25. The zero-order chi connectivity index (χ0) is 25.8. The molecule has 1 unspecified atom stereocenters. The lowest BCUT2D eigenvalue weighted by Gasteiger charge is -2.16. The number of hydrogen-bond acceptors (Lipinski definition) is 8. The highest BCUT2D eigenvalue weighted by Gasteiger charge is 2.20. The summed E-state index contributed by atoms with van der Waals surface area (Å²) in [5, 5.41) is 12.1. The summed E-state index contributed by atoms with van der Waals surface area (Å²) in [7, 11) is 1.75. The van der Waals surface area contributed by atoms with Crippen molar-refractivity contribution < 1.29 is 9.59 Å². The molecule has 2 amide bonds. The molecule has 0 fully saturated rings. The Kier molecular flexibility index (Phi) is 6.77. The number of aromatic amines is 1. The van der Waals surface area contributed by atoms with E-state index in [0.29, 0.717) is 16.6 Å². The van der Waals surface area contributed by atoms with Crippen LogP contribution in [0.15, 0.2) is 72.2 Å². The lowest BCUT2D eigenvalue weighted by Crippen LogP contribution is -2.48. The van der Waals surface area contributed by atoms with E-state index in [1.54, 1.807) is 31.4 Å². The minimum absolute atomic E-state index is 0.112. The third kappa shape index (κ3) is 5.41. The van der Waals surface area contributed by atoms with Crippen LogP contribution in [0.2, 0.25) is 0 Å². The molecule has 5 aromatic rings. The van der Waals surface area contributed by atoms with Crippen molar-refractivity contribution in [2.45, 2.75) is 6.04 Å². The van der Waals surface area contributed by atoms with Gasteiger partial charge in [0.2, 0.25) is 11.9 Å². The van der Waals surface area contributed by atoms with E-state index in [2.05, 4.69) is 35.9 Å². The number of nitrogens with two attached hydrogens (primary N) is 1. The lowest BCUT2D eigenvalue weighted by molar-refractivity contribution is -0.119. The van der Waals surface area contributed by atoms with Crippen molar-refractivity contribution in [1.82, 2.24) is 25.3 Å². The number of primary amides is 1. The number of anilines is 2. The maximum absolute atomic E-state index is 13.0. The topological polar surface area (TPSA) is 151 Å². The number of amides is 2. The van der Waals surface area contributed by atoms with Gasteiger partial charge >= 0.3 is 0 Å². The SMILES string of the molecule is CNc1nccc(-c2cc3cc(C(=O)NC(CNc4nc(-c5ccccc5)cs4)C(N)=O)ccc3[nH]2)n1. The molecule has 0 spiro atoms. The van der Waals surface area contributed by atoms with Gasteiger partial charge in [-0.2, -0.15) is 0 Å². The number of H-pyrrole nitrogens is 1. The van der Waals surface area contributed by atoms with Crippen LogP contribution < -0.4 is 21.7 Å². The van der Waals surface area contributed by atoms with Crippen LogP contribution >= 0.6 is 11.3 Å². The summed E-state index contributed by atoms with van der Waals surface area (Å²) in [4.78, 5) is 41.5. The quantitative estimate of drug-likeness (QED) is 0.203. The fraction of sp³-hybridized carbons (Fsp3) is 0.115. The number of aromatic nitrogens is 4. The molecule has 0 aliphatic carbocycles. The molecule has 3 heterocycles. The van der Waals surface area contributed by atoms with Crippen LogP contribution in [0.1, 0.15) is 10.4 Å². The number of nitrogens with zero attached hydrogens (tertiary/aromatic N) is 3. The smallest absolute Gasteiger partial charge is 0.252 e. The number of carbonyl (C=O) groups excluding carboxylic acids is 2. The Labute approximate surface area is 216 Å². The first-order chi connectivity index (χ1) is 18.0. The fourth-order valence-corrected chi connectivity index (χ4v) is 4.52. The molecule has 186 valence electrons. The maximum Gasteiger partial charge on any atom is 0.252 e. The summed E-state index contributed by atoms with van der Waals surface area (Å²) < 4.78 is 0. The lowest BCUT2D eigenvalue weighted by atomic mass is 10.1. The van der Waals surface area contributed by atoms with E-state index in [4.69, 9.17) is 5.73 Å². The number of benzene rings is 2. The second-order valence-corrected chi connectivity index (χ2v) is 9.07. The van der Waals surface area contributed by atoms with E-state index in [-0.39, 0.29) is 6.54 Å². The Bertz CT molecular complexity index is 1560. The first-order valence-electron chi connectivity index (χ1n) is 11.5. The average molecular weight is 513 g/mol. The normalized spacial score (nSPS) is 11.7. The summed E-state index contributed by atoms with van der Waals surface area (Å²) >= 11 is 1.41. The van der Waals surface area contributed by atoms with Gasteiger partial charge in [-0.25, -0.2) is 15.0 Å². The van der Waals surface area contributed by atoms with Crippen molar-refractivity contribution >= 4 is 45.1 Å². The fourth-order valence-electron chi connectivity index (χ4n) is 3.79. The third-order valence-corrected chi connectivity index (χ3v) is 6.52. The number of rotatable bonds is 9. The first kappa shape index (κ1) is 23.9. The van der Waals surface area contributed by atoms with Crippen molar-refractivity contribution in [1.29, 1.82) is 0 Å². The van der Waals surface area contributed by atoms with Crippen molar-refractivity contribution in [3.05, 3.63) is 77.8 Å². The molecule has 11 heteroatoms. The van der Waals surface area contributed by atoms with E-state index < -0.39 is 17.9 Å². The van der Waals surface area contributed by atoms with E-state index in [9.17, 15) is 9.59 Å². The van der Waals surface area contributed by atoms with E-state index >= 15 is 0 Å². The van der Waals surface area contributed by atoms with Crippen LogP contribution in [-0.4, -0.2) is 51.4 Å². The Hall–Kier alpha value is -4.77. The molecule has 6 N–H and O–H groups in total. The largest absolute Gasteiger partial charge is 0.368 e. The van der Waals surface area contributed by atoms with Crippen LogP contribution in [0.3, 0.4) is 0 Å². The molecular weight excluding hydrogens is 488 g/mol. The minimum atomic E-state index is -0.921. The standard InChI is InChI=1S/C26H24N8O2S/c1-28-25-29-10-9-19(33-25)20-12-17-11-16(7-8-18(17)31-20)24(36)32-21(23(27)35)13-30-26-34-22(14-37-26)15-5-3-2-4-6-15/h2-12,14,21,31H,13H2,1H3,(H2,27,35)(H,30,34)(H,32,36)(H,28,29,33). The van der Waals surface area contributed by atoms with Crippen molar-refractivity contribution in [2.75, 3.05) is 24.2 Å². The number of nitrogens with one attached hydrogen (secondary N) is 4. The summed E-state index contributed by atoms with van der Waals surface area (Å²) in [5.41, 5.74) is 10.2. The maximum atomic E-state index is 13.0. The summed E-state index contributed by atoms with van der Waals surface area (Å²) in [5.74, 6) is -0.537. The second-order valence-electron chi connectivity index (χ2n) is 8.21. The zero-order valence-corrected chi connectivity index (χ0v) is 20.7. The minimum Gasteiger partial charge on any atom is -0.368 e. The molecule has 0 aliphatic heterocycles. The average Bonchev–Trinajstić information content (AvgIpc) is 3.58. The van der Waals surface area contributed by atoms with E-state index in [1.807, 2.05) is 47.8 Å². The third-order valence-electron chi connectivity index (χ3n) is 5.72. The number of fused-ring (bicyclic) bond motifs is 1. The van der Waals surface area contributed by atoms with Crippen LogP contribution in [-0.2, 0) is 4.79 Å². The molecule has 0 saturated carbocycles. The Morgan fingerprint density at radius 3 is 2.68 bits per heavy atom. The molecule has 2 aromatic carbocycles. The van der Waals surface area contributed by atoms with Gasteiger partial charge in [0.05, 0.1) is 17.1 Å². The van der Waals surface area contributed by atoms with Gasteiger partial charge < -0.3 is 26.7 Å². The summed E-state index contributed by atoms with van der Waals surface area (Å²) in [6.45, 7) is 0.112. The first-order valence-corrected chi connectivity index (χ1v) is 12.4. The van der Waals surface area contributed by atoms with Gasteiger partial charge in [-0.3, -0.25) is 9.59 Å². The molecule has 0 saturated heterocycles. The van der Waals surface area contributed by atoms with E-state index in [1.165, 1.54) is 11.3 Å². The molecule has 10 nitrogen and oxygen atoms in total. The monoisotopic (exact) mass is 512 g/mol. The Balaban J connectivity index is 1.27. The van der Waals surface area contributed by atoms with Gasteiger partial charge in [-0.1, -0.05) is 30.3 Å². The Morgan fingerprint density at radius 2 is 1.89 bits per heavy atom. The van der Waals surface area contributed by atoms with Crippen molar-refractivity contribution in [3.8, 4) is 22.6 Å². The van der Waals surface area contributed by atoms with Crippen LogP contribution in [0.25, 0.3) is 33.5 Å². The molecule has 5 rings (SSSR count). The number of carbonyl (C=O) groups is 2. The summed E-state index contributed by atoms with van der Waals surface area (Å²) in [6.07, 6.45) is 1.67. The van der Waals surface area contributed by atoms with Gasteiger partial charge in [0.25, 0.3) is 5.91 Å². The molecular formula is C26H24N8O2S. The van der Waals surface area contributed by atoms with Crippen molar-refractivity contribution in [3.63, 3.8) is 0 Å². The van der Waals surface area contributed by atoms with Gasteiger partial charge in [-0.15, -0.1) is 11.3 Å². The molecule has 1 atom stereocenters. The van der Waals surface area contributed by atoms with Gasteiger partial charge in [0, 0.05) is 47.2 Å².